The quantitative estimate of drug-likeness (QED) is 0.477. The van der Waals surface area contributed by atoms with Crippen molar-refractivity contribution in [2.45, 2.75) is 38.9 Å². The van der Waals surface area contributed by atoms with Gasteiger partial charge in [0.1, 0.15) is 0 Å². The van der Waals surface area contributed by atoms with Crippen LogP contribution in [-0.4, -0.2) is 24.0 Å². The van der Waals surface area contributed by atoms with E-state index in [1.54, 1.807) is 0 Å². The van der Waals surface area contributed by atoms with E-state index in [1.807, 2.05) is 0 Å². The molecule has 4 nitrogen and oxygen atoms in total. The van der Waals surface area contributed by atoms with Crippen molar-refractivity contribution >= 4 is 6.21 Å². The van der Waals surface area contributed by atoms with Gasteiger partial charge >= 0.3 is 0 Å². The molecular weight excluding hydrogens is 158 g/mol. The number of ether oxygens (including phenoxy) is 1. The van der Waals surface area contributed by atoms with Gasteiger partial charge in [-0.25, -0.2) is 0 Å². The Bertz CT molecular complexity index is 158. The Hall–Kier alpha value is -0.770. The summed E-state index contributed by atoms with van der Waals surface area (Å²) < 4.78 is 5.31. The molecule has 0 saturated heterocycles. The van der Waals surface area contributed by atoms with Crippen molar-refractivity contribution in [3.8, 4) is 0 Å². The van der Waals surface area contributed by atoms with E-state index in [4.69, 9.17) is 9.57 Å². The molecule has 0 bridgehead atoms. The fraction of sp³-hybridized carbons (Fsp3) is 0.875. The molecule has 0 amide bonds. The third kappa shape index (κ3) is 3.09. The molecule has 1 rings (SSSR count). The molecule has 0 fully saturated rings. The van der Waals surface area contributed by atoms with Gasteiger partial charge in [0.2, 0.25) is 6.21 Å². The smallest absolute Gasteiger partial charge is 0.210 e. The Balaban J connectivity index is 2.13. The van der Waals surface area contributed by atoms with Crippen molar-refractivity contribution in [3.05, 3.63) is 5.21 Å². The summed E-state index contributed by atoms with van der Waals surface area (Å²) in [4.78, 5) is 5.32. The molecule has 12 heavy (non-hydrogen) atoms. The SMILES string of the molecule is CCCCOC1CCC=[N+]([O-])O1. The van der Waals surface area contributed by atoms with Crippen molar-refractivity contribution in [1.29, 1.82) is 0 Å². The molecule has 70 valence electrons. The lowest BCUT2D eigenvalue weighted by Gasteiger charge is -2.21. The van der Waals surface area contributed by atoms with Gasteiger partial charge < -0.3 is 9.57 Å². The molecule has 0 aromatic heterocycles. The summed E-state index contributed by atoms with van der Waals surface area (Å²) in [5.74, 6) is 0. The maximum absolute atomic E-state index is 10.7. The van der Waals surface area contributed by atoms with Gasteiger partial charge in [0.25, 0.3) is 0 Å². The number of hydrogen-bond donors (Lipinski definition) is 0. The standard InChI is InChI=1S/C8H15NO3/c1-2-3-7-11-8-5-4-6-9(10)12-8/h6,8H,2-5,7H2,1H3. The van der Waals surface area contributed by atoms with Crippen LogP contribution in [0.2, 0.25) is 0 Å². The lowest BCUT2D eigenvalue weighted by molar-refractivity contribution is -0.768. The highest BCUT2D eigenvalue weighted by molar-refractivity contribution is 5.51. The second-order valence-corrected chi connectivity index (χ2v) is 2.80. The van der Waals surface area contributed by atoms with Crippen molar-refractivity contribution < 1.29 is 14.5 Å². The van der Waals surface area contributed by atoms with Gasteiger partial charge in [-0.2, -0.15) is 0 Å². The van der Waals surface area contributed by atoms with Gasteiger partial charge in [-0.1, -0.05) is 13.3 Å². The molecule has 4 heteroatoms. The van der Waals surface area contributed by atoms with E-state index in [0.29, 0.717) is 11.5 Å². The second-order valence-electron chi connectivity index (χ2n) is 2.80. The number of rotatable bonds is 4. The second kappa shape index (κ2) is 4.98. The van der Waals surface area contributed by atoms with Crippen LogP contribution < -0.4 is 0 Å². The van der Waals surface area contributed by atoms with Crippen LogP contribution in [0.4, 0.5) is 0 Å². The molecule has 0 aromatic rings. The molecule has 1 aliphatic rings. The maximum atomic E-state index is 10.7. The maximum Gasteiger partial charge on any atom is 0.210 e. The molecule has 1 aliphatic heterocycles. The normalized spacial score (nSPS) is 23.1. The largest absolute Gasteiger partial charge is 0.372 e. The Kier molecular flexibility index (Phi) is 3.87. The minimum Gasteiger partial charge on any atom is -0.372 e. The van der Waals surface area contributed by atoms with E-state index in [1.165, 1.54) is 6.21 Å². The van der Waals surface area contributed by atoms with E-state index >= 15 is 0 Å². The summed E-state index contributed by atoms with van der Waals surface area (Å²) in [6.45, 7) is 2.77. The van der Waals surface area contributed by atoms with Crippen LogP contribution >= 0.6 is 0 Å². The first kappa shape index (κ1) is 9.32. The molecule has 0 N–H and O–H groups in total. The average molecular weight is 173 g/mol. The van der Waals surface area contributed by atoms with Crippen molar-refractivity contribution in [2.24, 2.45) is 0 Å². The molecular formula is C8H15NO3. The molecule has 0 aliphatic carbocycles. The first-order valence-corrected chi connectivity index (χ1v) is 4.41. The zero-order chi connectivity index (χ0) is 8.81. The summed E-state index contributed by atoms with van der Waals surface area (Å²) in [5.41, 5.74) is 0. The number of nitrogens with zero attached hydrogens (tertiary/aromatic N) is 1. The summed E-state index contributed by atoms with van der Waals surface area (Å²) in [6, 6.07) is 0. The van der Waals surface area contributed by atoms with Crippen molar-refractivity contribution in [1.82, 2.24) is 0 Å². The predicted molar refractivity (Wildman–Crippen MR) is 44.7 cm³/mol. The zero-order valence-electron chi connectivity index (χ0n) is 7.36. The third-order valence-electron chi connectivity index (χ3n) is 1.70. The fourth-order valence-corrected chi connectivity index (χ4v) is 1.00. The highest BCUT2D eigenvalue weighted by Gasteiger charge is 2.14. The van der Waals surface area contributed by atoms with E-state index in [-0.39, 0.29) is 6.29 Å². The Morgan fingerprint density at radius 2 is 2.58 bits per heavy atom. The molecule has 1 unspecified atom stereocenters. The lowest BCUT2D eigenvalue weighted by Crippen LogP contribution is -2.27. The van der Waals surface area contributed by atoms with Crippen molar-refractivity contribution in [3.63, 3.8) is 0 Å². The van der Waals surface area contributed by atoms with Gasteiger partial charge in [0, 0.05) is 17.9 Å². The van der Waals surface area contributed by atoms with Gasteiger partial charge in [0.15, 0.2) is 6.29 Å². The Labute approximate surface area is 72.3 Å². The highest BCUT2D eigenvalue weighted by Crippen LogP contribution is 2.08. The summed E-state index contributed by atoms with van der Waals surface area (Å²) >= 11 is 0. The topological polar surface area (TPSA) is 44.5 Å². The van der Waals surface area contributed by atoms with Crippen molar-refractivity contribution in [2.75, 3.05) is 6.61 Å². The van der Waals surface area contributed by atoms with Crippen LogP contribution in [0.3, 0.4) is 0 Å². The minimum atomic E-state index is -0.334. The van der Waals surface area contributed by atoms with E-state index in [0.717, 1.165) is 25.7 Å². The Morgan fingerprint density at radius 1 is 1.75 bits per heavy atom. The third-order valence-corrected chi connectivity index (χ3v) is 1.70. The average Bonchev–Trinajstić information content (AvgIpc) is 2.05. The fourth-order valence-electron chi connectivity index (χ4n) is 1.00. The van der Waals surface area contributed by atoms with Gasteiger partial charge in [0.05, 0.1) is 0 Å². The summed E-state index contributed by atoms with van der Waals surface area (Å²) in [7, 11) is 0. The molecule has 1 heterocycles. The minimum absolute atomic E-state index is 0.334. The van der Waals surface area contributed by atoms with E-state index < -0.39 is 0 Å². The summed E-state index contributed by atoms with van der Waals surface area (Å²) in [6.07, 6.45) is 4.77. The zero-order valence-corrected chi connectivity index (χ0v) is 7.36. The Morgan fingerprint density at radius 3 is 3.25 bits per heavy atom. The molecule has 0 aromatic carbocycles. The monoisotopic (exact) mass is 173 g/mol. The van der Waals surface area contributed by atoms with E-state index in [2.05, 4.69) is 6.92 Å². The summed E-state index contributed by atoms with van der Waals surface area (Å²) in [5, 5.41) is 10.7. The van der Waals surface area contributed by atoms with Gasteiger partial charge in [-0.3, -0.25) is 5.21 Å². The first-order valence-electron chi connectivity index (χ1n) is 4.41. The van der Waals surface area contributed by atoms with Crippen LogP contribution in [0.15, 0.2) is 0 Å². The highest BCUT2D eigenvalue weighted by atomic mass is 16.9. The molecule has 1 atom stereocenters. The van der Waals surface area contributed by atoms with E-state index in [9.17, 15) is 5.21 Å². The molecule has 0 spiro atoms. The van der Waals surface area contributed by atoms with Crippen LogP contribution in [0, 0.1) is 5.21 Å². The van der Waals surface area contributed by atoms with Crippen LogP contribution in [0.25, 0.3) is 0 Å². The molecule has 0 saturated carbocycles. The van der Waals surface area contributed by atoms with Crippen LogP contribution in [0.1, 0.15) is 32.6 Å². The molecule has 0 radical (unpaired) electrons. The van der Waals surface area contributed by atoms with Gasteiger partial charge in [-0.15, -0.1) is 0 Å². The predicted octanol–water partition coefficient (Wildman–Crippen LogP) is 1.44. The first-order chi connectivity index (χ1) is 5.83. The van der Waals surface area contributed by atoms with Crippen LogP contribution in [0.5, 0.6) is 0 Å². The lowest BCUT2D eigenvalue weighted by atomic mass is 10.3. The number of hydrogen-bond acceptors (Lipinski definition) is 3. The van der Waals surface area contributed by atoms with Crippen LogP contribution in [-0.2, 0) is 9.57 Å². The van der Waals surface area contributed by atoms with Gasteiger partial charge in [-0.05, 0) is 12.8 Å². The number of unbranched alkanes of at least 4 members (excludes halogenated alkanes) is 1.